The minimum Gasteiger partial charge on any atom is -0.481 e. The fourth-order valence-corrected chi connectivity index (χ4v) is 3.58. The molecule has 4 N–H and O–H groups in total. The van der Waals surface area contributed by atoms with E-state index in [2.05, 4.69) is 6.92 Å². The zero-order valence-corrected chi connectivity index (χ0v) is 15.7. The maximum Gasteiger partial charge on any atom is 0.303 e. The number of Topliss-reactive ketones (excluding diaryl/α,β-unsaturated/α-hetero) is 1. The van der Waals surface area contributed by atoms with Crippen LogP contribution in [0.2, 0.25) is 0 Å². The van der Waals surface area contributed by atoms with Crippen molar-refractivity contribution in [3.05, 3.63) is 12.2 Å². The monoisotopic (exact) mass is 370 g/mol. The Balaban J connectivity index is 2.50. The molecule has 1 aliphatic carbocycles. The van der Waals surface area contributed by atoms with Crippen LogP contribution in [-0.2, 0) is 9.59 Å². The van der Waals surface area contributed by atoms with Crippen LogP contribution < -0.4 is 0 Å². The number of hydrogen-bond acceptors (Lipinski definition) is 5. The third-order valence-corrected chi connectivity index (χ3v) is 5.13. The van der Waals surface area contributed by atoms with Gasteiger partial charge in [-0.15, -0.1) is 0 Å². The first-order valence-electron chi connectivity index (χ1n) is 9.81. The number of carboxylic acids is 1. The largest absolute Gasteiger partial charge is 0.481 e. The molecule has 0 aromatic rings. The number of unbranched alkanes of at least 4 members (excludes halogenated alkanes) is 3. The normalized spacial score (nSPS) is 27.1. The Labute approximate surface area is 155 Å². The Hall–Kier alpha value is -1.24. The van der Waals surface area contributed by atoms with Gasteiger partial charge in [-0.1, -0.05) is 38.3 Å². The van der Waals surface area contributed by atoms with Gasteiger partial charge >= 0.3 is 5.97 Å². The van der Waals surface area contributed by atoms with E-state index in [0.29, 0.717) is 25.7 Å². The Morgan fingerprint density at radius 3 is 2.42 bits per heavy atom. The molecule has 0 unspecified atom stereocenters. The summed E-state index contributed by atoms with van der Waals surface area (Å²) in [7, 11) is 0. The SMILES string of the molecule is CCCCC[C@@H](O)/C=C/[C@H]1[C@@H](CC(=O)CCCCC(=O)O)[C@@H](O)C[C@H]1O. The van der Waals surface area contributed by atoms with E-state index in [0.717, 1.165) is 19.3 Å². The van der Waals surface area contributed by atoms with Gasteiger partial charge in [-0.2, -0.15) is 0 Å². The highest BCUT2D eigenvalue weighted by molar-refractivity contribution is 5.78. The van der Waals surface area contributed by atoms with Crippen molar-refractivity contribution in [2.24, 2.45) is 11.8 Å². The molecular formula is C20H34O6. The number of aliphatic hydroxyl groups is 3. The van der Waals surface area contributed by atoms with E-state index in [1.807, 2.05) is 0 Å². The number of carbonyl (C=O) groups excluding carboxylic acids is 1. The van der Waals surface area contributed by atoms with Crippen LogP contribution in [-0.4, -0.2) is 50.5 Å². The minimum atomic E-state index is -0.866. The van der Waals surface area contributed by atoms with E-state index < -0.39 is 24.3 Å². The Morgan fingerprint density at radius 2 is 1.77 bits per heavy atom. The van der Waals surface area contributed by atoms with E-state index in [-0.39, 0.29) is 36.9 Å². The molecule has 1 rings (SSSR count). The van der Waals surface area contributed by atoms with E-state index in [1.165, 1.54) is 0 Å². The zero-order valence-electron chi connectivity index (χ0n) is 15.7. The summed E-state index contributed by atoms with van der Waals surface area (Å²) in [5.74, 6) is -1.57. The third-order valence-electron chi connectivity index (χ3n) is 5.13. The summed E-state index contributed by atoms with van der Waals surface area (Å²) in [6.07, 6.45) is 6.90. The minimum absolute atomic E-state index is 0.0181. The lowest BCUT2D eigenvalue weighted by Gasteiger charge is -2.20. The smallest absolute Gasteiger partial charge is 0.303 e. The van der Waals surface area contributed by atoms with Gasteiger partial charge in [0.1, 0.15) is 5.78 Å². The van der Waals surface area contributed by atoms with Gasteiger partial charge in [-0.05, 0) is 19.3 Å². The van der Waals surface area contributed by atoms with Crippen LogP contribution in [0.3, 0.4) is 0 Å². The van der Waals surface area contributed by atoms with E-state index >= 15 is 0 Å². The summed E-state index contributed by atoms with van der Waals surface area (Å²) >= 11 is 0. The number of rotatable bonds is 13. The molecule has 26 heavy (non-hydrogen) atoms. The van der Waals surface area contributed by atoms with Crippen molar-refractivity contribution < 1.29 is 30.0 Å². The van der Waals surface area contributed by atoms with Crippen molar-refractivity contribution in [3.63, 3.8) is 0 Å². The van der Waals surface area contributed by atoms with Gasteiger partial charge < -0.3 is 20.4 Å². The second-order valence-corrected chi connectivity index (χ2v) is 7.40. The van der Waals surface area contributed by atoms with Crippen LogP contribution in [0.1, 0.15) is 71.1 Å². The lowest BCUT2D eigenvalue weighted by molar-refractivity contribution is -0.137. The van der Waals surface area contributed by atoms with Crippen molar-refractivity contribution >= 4 is 11.8 Å². The summed E-state index contributed by atoms with van der Waals surface area (Å²) in [5, 5.41) is 39.0. The molecule has 1 aliphatic rings. The molecule has 1 fully saturated rings. The second-order valence-electron chi connectivity index (χ2n) is 7.40. The van der Waals surface area contributed by atoms with Gasteiger partial charge in [0.15, 0.2) is 0 Å². The quantitative estimate of drug-likeness (QED) is 0.292. The summed E-state index contributed by atoms with van der Waals surface area (Å²) in [6, 6.07) is 0. The van der Waals surface area contributed by atoms with Gasteiger partial charge in [0.05, 0.1) is 18.3 Å². The summed E-state index contributed by atoms with van der Waals surface area (Å²) in [6.45, 7) is 2.10. The lowest BCUT2D eigenvalue weighted by Crippen LogP contribution is -2.24. The van der Waals surface area contributed by atoms with Crippen LogP contribution in [0, 0.1) is 11.8 Å². The van der Waals surface area contributed by atoms with Crippen molar-refractivity contribution in [1.82, 2.24) is 0 Å². The molecule has 0 heterocycles. The van der Waals surface area contributed by atoms with Crippen LogP contribution in [0.4, 0.5) is 0 Å². The summed E-state index contributed by atoms with van der Waals surface area (Å²) < 4.78 is 0. The Morgan fingerprint density at radius 1 is 1.08 bits per heavy atom. The number of aliphatic hydroxyl groups excluding tert-OH is 3. The number of carboxylic acid groups (broad SMARTS) is 1. The lowest BCUT2D eigenvalue weighted by atomic mass is 9.87. The highest BCUT2D eigenvalue weighted by Crippen LogP contribution is 2.36. The molecule has 0 aromatic carbocycles. The number of carbonyl (C=O) groups is 2. The van der Waals surface area contributed by atoms with Crippen molar-refractivity contribution in [1.29, 1.82) is 0 Å². The topological polar surface area (TPSA) is 115 Å². The van der Waals surface area contributed by atoms with Gasteiger partial charge in [0, 0.05) is 37.5 Å². The Kier molecular flexibility index (Phi) is 10.7. The van der Waals surface area contributed by atoms with Gasteiger partial charge in [-0.25, -0.2) is 0 Å². The van der Waals surface area contributed by atoms with Crippen LogP contribution in [0.5, 0.6) is 0 Å². The predicted octanol–water partition coefficient (Wildman–Crippen LogP) is 2.45. The first kappa shape index (κ1) is 22.8. The molecule has 0 amide bonds. The van der Waals surface area contributed by atoms with Crippen molar-refractivity contribution in [2.45, 2.75) is 89.4 Å². The molecule has 6 heteroatoms. The van der Waals surface area contributed by atoms with E-state index in [1.54, 1.807) is 12.2 Å². The molecule has 0 saturated heterocycles. The molecule has 5 atom stereocenters. The molecule has 0 aliphatic heterocycles. The van der Waals surface area contributed by atoms with Gasteiger partial charge in [0.2, 0.25) is 0 Å². The number of ketones is 1. The third kappa shape index (κ3) is 8.43. The van der Waals surface area contributed by atoms with Crippen LogP contribution in [0.15, 0.2) is 12.2 Å². The maximum absolute atomic E-state index is 12.1. The predicted molar refractivity (Wildman–Crippen MR) is 98.6 cm³/mol. The van der Waals surface area contributed by atoms with Crippen LogP contribution >= 0.6 is 0 Å². The first-order valence-corrected chi connectivity index (χ1v) is 9.81. The maximum atomic E-state index is 12.1. The standard InChI is InChI=1S/C20H34O6/c1-2-3-4-7-14(21)10-11-16-17(19(24)13-18(16)23)12-15(22)8-5-6-9-20(25)26/h10-11,14,16-19,21,23-24H,2-9,12-13H2,1H3,(H,25,26)/b11-10+/t14-,16+,17-,18-,19+/m1/s1. The molecular weight excluding hydrogens is 336 g/mol. The summed E-state index contributed by atoms with van der Waals surface area (Å²) in [4.78, 5) is 22.6. The molecule has 0 bridgehead atoms. The molecule has 150 valence electrons. The van der Waals surface area contributed by atoms with Crippen molar-refractivity contribution in [3.8, 4) is 0 Å². The highest BCUT2D eigenvalue weighted by atomic mass is 16.4. The van der Waals surface area contributed by atoms with E-state index in [4.69, 9.17) is 5.11 Å². The van der Waals surface area contributed by atoms with Crippen molar-refractivity contribution in [2.75, 3.05) is 0 Å². The molecule has 6 nitrogen and oxygen atoms in total. The number of hydrogen-bond donors (Lipinski definition) is 4. The van der Waals surface area contributed by atoms with E-state index in [9.17, 15) is 24.9 Å². The van der Waals surface area contributed by atoms with Crippen LogP contribution in [0.25, 0.3) is 0 Å². The highest BCUT2D eigenvalue weighted by Gasteiger charge is 2.41. The number of aliphatic carboxylic acids is 1. The first-order chi connectivity index (χ1) is 12.3. The molecule has 0 aromatic heterocycles. The zero-order chi connectivity index (χ0) is 19.5. The average Bonchev–Trinajstić information content (AvgIpc) is 2.83. The fourth-order valence-electron chi connectivity index (χ4n) is 3.58. The molecule has 0 spiro atoms. The van der Waals surface area contributed by atoms with Gasteiger partial charge in [-0.3, -0.25) is 9.59 Å². The second kappa shape index (κ2) is 12.2. The summed E-state index contributed by atoms with van der Waals surface area (Å²) in [5.41, 5.74) is 0. The van der Waals surface area contributed by atoms with Gasteiger partial charge in [0.25, 0.3) is 0 Å². The molecule has 0 radical (unpaired) electrons. The Bertz CT molecular complexity index is 461. The molecule has 1 saturated carbocycles. The average molecular weight is 370 g/mol. The fraction of sp³-hybridized carbons (Fsp3) is 0.800.